The molecule has 4 unspecified atom stereocenters. The van der Waals surface area contributed by atoms with Crippen LogP contribution in [-0.2, 0) is 0 Å². The molecule has 4 N–H and O–H groups in total. The first-order valence-corrected chi connectivity index (χ1v) is 9.15. The second kappa shape index (κ2) is 14.4. The van der Waals surface area contributed by atoms with Gasteiger partial charge in [-0.15, -0.1) is 0 Å². The van der Waals surface area contributed by atoms with Crippen LogP contribution in [0.4, 0.5) is 0 Å². The summed E-state index contributed by atoms with van der Waals surface area (Å²) in [4.78, 5) is 0. The van der Waals surface area contributed by atoms with Gasteiger partial charge in [0.2, 0.25) is 0 Å². The summed E-state index contributed by atoms with van der Waals surface area (Å²) in [7, 11) is 0. The van der Waals surface area contributed by atoms with E-state index < -0.39 is 12.2 Å². The highest BCUT2D eigenvalue weighted by Crippen LogP contribution is 2.08. The number of hydrogen-bond acceptors (Lipinski definition) is 4. The molecule has 0 bridgehead atoms. The highest BCUT2D eigenvalue weighted by atomic mass is 16.3. The van der Waals surface area contributed by atoms with E-state index in [9.17, 15) is 10.2 Å². The quantitative estimate of drug-likeness (QED) is 0.351. The van der Waals surface area contributed by atoms with Gasteiger partial charge in [0.1, 0.15) is 0 Å². The normalized spacial score (nSPS) is 17.2. The van der Waals surface area contributed by atoms with Crippen molar-refractivity contribution in [2.75, 3.05) is 13.1 Å². The molecule has 22 heavy (non-hydrogen) atoms. The fourth-order valence-corrected chi connectivity index (χ4v) is 2.41. The monoisotopic (exact) mass is 315 g/mol. The maximum Gasteiger partial charge on any atom is 0.0677 e. The van der Waals surface area contributed by atoms with Crippen LogP contribution < -0.4 is 10.6 Å². The van der Waals surface area contributed by atoms with E-state index in [2.05, 4.69) is 24.5 Å². The van der Waals surface area contributed by atoms with E-state index in [0.29, 0.717) is 6.54 Å². The number of aliphatic hydroxyl groups excluding tert-OH is 2. The lowest BCUT2D eigenvalue weighted by Crippen LogP contribution is -2.49. The van der Waals surface area contributed by atoms with Gasteiger partial charge in [-0.2, -0.15) is 0 Å². The van der Waals surface area contributed by atoms with Crippen molar-refractivity contribution in [2.24, 2.45) is 0 Å². The predicted molar refractivity (Wildman–Crippen MR) is 94.9 cm³/mol. The molecule has 0 saturated carbocycles. The highest BCUT2D eigenvalue weighted by Gasteiger charge is 2.16. The molecule has 1 radical (unpaired) electrons. The Labute approximate surface area is 138 Å². The first-order valence-electron chi connectivity index (χ1n) is 9.15. The Morgan fingerprint density at radius 2 is 1.36 bits per heavy atom. The van der Waals surface area contributed by atoms with E-state index in [4.69, 9.17) is 0 Å². The molecule has 0 fully saturated rings. The number of nitrogens with one attached hydrogen (secondary N) is 2. The zero-order valence-corrected chi connectivity index (χ0v) is 15.0. The van der Waals surface area contributed by atoms with Gasteiger partial charge in [0.25, 0.3) is 0 Å². The summed E-state index contributed by atoms with van der Waals surface area (Å²) >= 11 is 0. The van der Waals surface area contributed by atoms with Gasteiger partial charge in [-0.05, 0) is 33.7 Å². The molecule has 0 aliphatic carbocycles. The van der Waals surface area contributed by atoms with Crippen LogP contribution in [0, 0.1) is 6.92 Å². The molecule has 4 nitrogen and oxygen atoms in total. The van der Waals surface area contributed by atoms with Crippen LogP contribution in [0.2, 0.25) is 0 Å². The Morgan fingerprint density at radius 1 is 0.818 bits per heavy atom. The minimum Gasteiger partial charge on any atom is -0.392 e. The third-order valence-corrected chi connectivity index (χ3v) is 4.20. The van der Waals surface area contributed by atoms with Crippen molar-refractivity contribution in [1.82, 2.24) is 10.6 Å². The molecule has 0 heterocycles. The molecule has 4 atom stereocenters. The number of aliphatic hydroxyl groups is 2. The van der Waals surface area contributed by atoms with Crippen LogP contribution in [0.25, 0.3) is 0 Å². The Kier molecular flexibility index (Phi) is 14.3. The fraction of sp³-hybridized carbons (Fsp3) is 0.944. The van der Waals surface area contributed by atoms with Crippen LogP contribution >= 0.6 is 0 Å². The largest absolute Gasteiger partial charge is 0.392 e. The summed E-state index contributed by atoms with van der Waals surface area (Å²) in [6.07, 6.45) is 9.58. The molecule has 0 saturated heterocycles. The molecule has 0 amide bonds. The van der Waals surface area contributed by atoms with Crippen LogP contribution in [0.1, 0.15) is 72.1 Å². The second-order valence-corrected chi connectivity index (χ2v) is 6.53. The van der Waals surface area contributed by atoms with Crippen molar-refractivity contribution in [2.45, 2.75) is 96.4 Å². The Bertz CT molecular complexity index is 235. The Balaban J connectivity index is 3.61. The van der Waals surface area contributed by atoms with Gasteiger partial charge in [0, 0.05) is 18.6 Å². The van der Waals surface area contributed by atoms with Crippen LogP contribution in [0.15, 0.2) is 0 Å². The van der Waals surface area contributed by atoms with Gasteiger partial charge in [-0.1, -0.05) is 51.9 Å². The summed E-state index contributed by atoms with van der Waals surface area (Å²) in [5.74, 6) is 0. The summed E-state index contributed by atoms with van der Waals surface area (Å²) in [5, 5.41) is 25.8. The highest BCUT2D eigenvalue weighted by molar-refractivity contribution is 4.81. The van der Waals surface area contributed by atoms with E-state index in [1.165, 1.54) is 44.9 Å². The number of hydrogen-bond donors (Lipinski definition) is 4. The lowest BCUT2D eigenvalue weighted by Gasteiger charge is -2.25. The summed E-state index contributed by atoms with van der Waals surface area (Å²) in [6, 6.07) is -0.196. The van der Waals surface area contributed by atoms with Crippen molar-refractivity contribution in [1.29, 1.82) is 0 Å². The molecule has 0 aliphatic heterocycles. The average Bonchev–Trinajstić information content (AvgIpc) is 2.47. The van der Waals surface area contributed by atoms with Gasteiger partial charge < -0.3 is 20.8 Å². The lowest BCUT2D eigenvalue weighted by molar-refractivity contribution is 0.128. The average molecular weight is 316 g/mol. The zero-order valence-electron chi connectivity index (χ0n) is 15.0. The van der Waals surface area contributed by atoms with Gasteiger partial charge >= 0.3 is 0 Å². The topological polar surface area (TPSA) is 64.5 Å². The maximum atomic E-state index is 9.80. The predicted octanol–water partition coefficient (Wildman–Crippen LogP) is 2.64. The van der Waals surface area contributed by atoms with Gasteiger partial charge in [0.05, 0.1) is 12.2 Å². The van der Waals surface area contributed by atoms with E-state index >= 15 is 0 Å². The third-order valence-electron chi connectivity index (χ3n) is 4.20. The molecule has 0 spiro atoms. The summed E-state index contributed by atoms with van der Waals surface area (Å²) in [6.45, 7) is 11.2. The molecule has 0 aromatic heterocycles. The van der Waals surface area contributed by atoms with E-state index in [-0.39, 0.29) is 12.1 Å². The molecule has 0 aliphatic rings. The summed E-state index contributed by atoms with van der Waals surface area (Å²) in [5.41, 5.74) is 0. The van der Waals surface area contributed by atoms with E-state index in [1.54, 1.807) is 13.8 Å². The van der Waals surface area contributed by atoms with E-state index in [1.807, 2.05) is 0 Å². The standard InChI is InChI=1S/C18H39N2O2/c1-5-6-7-8-9-10-11-12-13-19-18(17(4)22)14-20-15(2)16(3)21/h15-22H,2,5-14H2,1,3-4H3. The second-order valence-electron chi connectivity index (χ2n) is 6.53. The van der Waals surface area contributed by atoms with Gasteiger partial charge in [-0.25, -0.2) is 0 Å². The fourth-order valence-electron chi connectivity index (χ4n) is 2.41. The van der Waals surface area contributed by atoms with Gasteiger partial charge in [0.15, 0.2) is 0 Å². The van der Waals surface area contributed by atoms with E-state index in [0.717, 1.165) is 13.0 Å². The summed E-state index contributed by atoms with van der Waals surface area (Å²) < 4.78 is 0. The van der Waals surface area contributed by atoms with Crippen molar-refractivity contribution >= 4 is 0 Å². The molecule has 0 aromatic carbocycles. The molecule has 0 aromatic rings. The number of unbranched alkanes of at least 4 members (excludes halogenated alkanes) is 7. The third kappa shape index (κ3) is 12.4. The Hall–Kier alpha value is -0.160. The number of rotatable bonds is 15. The maximum absolute atomic E-state index is 9.80. The van der Waals surface area contributed by atoms with Crippen LogP contribution in [0.5, 0.6) is 0 Å². The molecule has 133 valence electrons. The minimum absolute atomic E-state index is 0.00699. The minimum atomic E-state index is -0.484. The van der Waals surface area contributed by atoms with Crippen LogP contribution in [0.3, 0.4) is 0 Å². The van der Waals surface area contributed by atoms with Crippen molar-refractivity contribution in [3.63, 3.8) is 0 Å². The van der Waals surface area contributed by atoms with Crippen molar-refractivity contribution in [3.8, 4) is 0 Å². The molecular weight excluding hydrogens is 276 g/mol. The Morgan fingerprint density at radius 3 is 1.86 bits per heavy atom. The SMILES string of the molecule is [CH2]C(NCC(NCCCCCCCCCC)C(C)O)C(C)O. The zero-order chi connectivity index (χ0) is 16.8. The molecule has 4 heteroatoms. The smallest absolute Gasteiger partial charge is 0.0677 e. The van der Waals surface area contributed by atoms with Crippen molar-refractivity contribution in [3.05, 3.63) is 6.92 Å². The van der Waals surface area contributed by atoms with Crippen LogP contribution in [-0.4, -0.2) is 47.6 Å². The molecular formula is C18H39N2O2. The first kappa shape index (κ1) is 21.8. The van der Waals surface area contributed by atoms with Crippen molar-refractivity contribution < 1.29 is 10.2 Å². The molecule has 0 rings (SSSR count). The first-order chi connectivity index (χ1) is 10.5. The lowest BCUT2D eigenvalue weighted by atomic mass is 10.1. The van der Waals surface area contributed by atoms with Gasteiger partial charge in [-0.3, -0.25) is 0 Å².